The van der Waals surface area contributed by atoms with E-state index in [1.807, 2.05) is 24.3 Å². The van der Waals surface area contributed by atoms with Crippen LogP contribution in [0.2, 0.25) is 0 Å². The fraction of sp³-hybridized carbons (Fsp3) is 0.400. The van der Waals surface area contributed by atoms with Gasteiger partial charge in [0.1, 0.15) is 0 Å². The Balaban J connectivity index is 2.01. The number of hydrogen-bond acceptors (Lipinski definition) is 5. The second-order valence-electron chi connectivity index (χ2n) is 5.33. The predicted octanol–water partition coefficient (Wildman–Crippen LogP) is 1.46. The molecule has 1 aromatic heterocycles. The maximum absolute atomic E-state index is 12.0. The van der Waals surface area contributed by atoms with Crippen LogP contribution in [0.5, 0.6) is 0 Å². The summed E-state index contributed by atoms with van der Waals surface area (Å²) in [6, 6.07) is 8.20. The molecule has 0 bridgehead atoms. The lowest BCUT2D eigenvalue weighted by Crippen LogP contribution is -2.33. The van der Waals surface area contributed by atoms with Crippen molar-refractivity contribution in [1.82, 2.24) is 10.3 Å². The first-order valence-corrected chi connectivity index (χ1v) is 7.92. The maximum Gasteiger partial charge on any atom is 0.275 e. The monoisotopic (exact) mass is 305 g/mol. The van der Waals surface area contributed by atoms with E-state index in [9.17, 15) is 9.90 Å². The Morgan fingerprint density at radius 1 is 1.48 bits per heavy atom. The van der Waals surface area contributed by atoms with E-state index in [1.54, 1.807) is 0 Å². The van der Waals surface area contributed by atoms with Crippen LogP contribution >= 0.6 is 11.3 Å². The van der Waals surface area contributed by atoms with Crippen LogP contribution in [0.15, 0.2) is 24.3 Å². The van der Waals surface area contributed by atoms with Crippen LogP contribution in [0, 0.1) is 0 Å². The molecule has 0 saturated carbocycles. The Hall–Kier alpha value is -1.47. The van der Waals surface area contributed by atoms with Crippen molar-refractivity contribution in [3.05, 3.63) is 34.7 Å². The number of aliphatic hydroxyl groups is 1. The molecule has 6 heteroatoms. The van der Waals surface area contributed by atoms with Crippen molar-refractivity contribution in [3.8, 4) is 0 Å². The first-order valence-electron chi connectivity index (χ1n) is 7.11. The molecule has 1 aliphatic heterocycles. The SMILES string of the molecule is NNC(=O)c1sc2ccccc2c1CN1CCCC1CO. The third kappa shape index (κ3) is 2.67. The number of nitrogens with zero attached hydrogens (tertiary/aromatic N) is 1. The summed E-state index contributed by atoms with van der Waals surface area (Å²) in [5.74, 6) is 5.07. The second kappa shape index (κ2) is 6.11. The van der Waals surface area contributed by atoms with Gasteiger partial charge in [-0.1, -0.05) is 18.2 Å². The summed E-state index contributed by atoms with van der Waals surface area (Å²) in [6.07, 6.45) is 2.10. The lowest BCUT2D eigenvalue weighted by atomic mass is 10.1. The molecular weight excluding hydrogens is 286 g/mol. The van der Waals surface area contributed by atoms with Crippen molar-refractivity contribution in [2.45, 2.75) is 25.4 Å². The van der Waals surface area contributed by atoms with Crippen LogP contribution in [0.3, 0.4) is 0 Å². The van der Waals surface area contributed by atoms with Gasteiger partial charge < -0.3 is 5.11 Å². The Bertz CT molecular complexity index is 655. The number of carbonyl (C=O) groups excluding carboxylic acids is 1. The normalized spacial score (nSPS) is 19.2. The summed E-state index contributed by atoms with van der Waals surface area (Å²) >= 11 is 1.47. The molecule has 0 aliphatic carbocycles. The van der Waals surface area contributed by atoms with Gasteiger partial charge in [0.05, 0.1) is 11.5 Å². The molecule has 21 heavy (non-hydrogen) atoms. The summed E-state index contributed by atoms with van der Waals surface area (Å²) in [4.78, 5) is 15.0. The molecule has 5 nitrogen and oxygen atoms in total. The van der Waals surface area contributed by atoms with Crippen LogP contribution in [-0.2, 0) is 6.54 Å². The minimum atomic E-state index is -0.244. The molecule has 0 spiro atoms. The minimum absolute atomic E-state index is 0.167. The number of nitrogens with two attached hydrogens (primary N) is 1. The number of amides is 1. The minimum Gasteiger partial charge on any atom is -0.395 e. The van der Waals surface area contributed by atoms with Crippen molar-refractivity contribution < 1.29 is 9.90 Å². The predicted molar refractivity (Wildman–Crippen MR) is 84.0 cm³/mol. The van der Waals surface area contributed by atoms with E-state index >= 15 is 0 Å². The number of likely N-dealkylation sites (tertiary alicyclic amines) is 1. The fourth-order valence-electron chi connectivity index (χ4n) is 3.02. The number of nitrogen functional groups attached to an aromatic ring is 1. The van der Waals surface area contributed by atoms with Gasteiger partial charge >= 0.3 is 0 Å². The number of nitrogens with one attached hydrogen (secondary N) is 1. The third-order valence-corrected chi connectivity index (χ3v) is 5.32. The van der Waals surface area contributed by atoms with Crippen molar-refractivity contribution in [1.29, 1.82) is 0 Å². The number of hydrazine groups is 1. The Labute approximate surface area is 127 Å². The molecular formula is C15H19N3O2S. The number of carbonyl (C=O) groups is 1. The highest BCUT2D eigenvalue weighted by atomic mass is 32.1. The van der Waals surface area contributed by atoms with E-state index in [1.165, 1.54) is 11.3 Å². The van der Waals surface area contributed by atoms with E-state index in [4.69, 9.17) is 5.84 Å². The van der Waals surface area contributed by atoms with E-state index in [-0.39, 0.29) is 18.6 Å². The van der Waals surface area contributed by atoms with Crippen molar-refractivity contribution >= 4 is 27.3 Å². The largest absolute Gasteiger partial charge is 0.395 e. The number of thiophene rings is 1. The van der Waals surface area contributed by atoms with Crippen LogP contribution in [0.25, 0.3) is 10.1 Å². The Kier molecular flexibility index (Phi) is 4.21. The molecule has 4 N–H and O–H groups in total. The van der Waals surface area contributed by atoms with E-state index < -0.39 is 0 Å². The molecule has 2 heterocycles. The number of fused-ring (bicyclic) bond motifs is 1. The standard InChI is InChI=1S/C15H19N3O2S/c16-17-15(20)14-12(8-18-7-3-4-10(18)9-19)11-5-1-2-6-13(11)21-14/h1-2,5-6,10,19H,3-4,7-9,16H2,(H,17,20). The molecule has 1 unspecified atom stereocenters. The summed E-state index contributed by atoms with van der Waals surface area (Å²) < 4.78 is 1.09. The van der Waals surface area contributed by atoms with Gasteiger partial charge in [-0.05, 0) is 36.4 Å². The molecule has 0 radical (unpaired) electrons. The molecule has 1 atom stereocenters. The fourth-order valence-corrected chi connectivity index (χ4v) is 4.13. The van der Waals surface area contributed by atoms with E-state index in [0.29, 0.717) is 11.4 Å². The summed E-state index contributed by atoms with van der Waals surface area (Å²) in [5.41, 5.74) is 3.25. The Morgan fingerprint density at radius 3 is 3.05 bits per heavy atom. The van der Waals surface area contributed by atoms with Crippen LogP contribution in [0.1, 0.15) is 28.1 Å². The van der Waals surface area contributed by atoms with Crippen molar-refractivity contribution in [3.63, 3.8) is 0 Å². The molecule has 1 fully saturated rings. The average molecular weight is 305 g/mol. The molecule has 1 saturated heterocycles. The molecule has 3 rings (SSSR count). The van der Waals surface area contributed by atoms with Gasteiger partial charge in [0.15, 0.2) is 0 Å². The van der Waals surface area contributed by atoms with Crippen LogP contribution in [0.4, 0.5) is 0 Å². The number of rotatable bonds is 4. The van der Waals surface area contributed by atoms with E-state index in [0.717, 1.165) is 35.0 Å². The molecule has 1 aromatic carbocycles. The zero-order valence-electron chi connectivity index (χ0n) is 11.7. The average Bonchev–Trinajstić information content (AvgIpc) is 3.11. The van der Waals surface area contributed by atoms with E-state index in [2.05, 4.69) is 10.3 Å². The highest BCUT2D eigenvalue weighted by Crippen LogP contribution is 2.33. The van der Waals surface area contributed by atoms with Crippen LogP contribution < -0.4 is 11.3 Å². The molecule has 1 amide bonds. The molecule has 112 valence electrons. The van der Waals surface area contributed by atoms with Gasteiger partial charge in [-0.15, -0.1) is 11.3 Å². The maximum atomic E-state index is 12.0. The summed E-state index contributed by atoms with van der Waals surface area (Å²) in [6.45, 7) is 1.80. The van der Waals surface area contributed by atoms with Gasteiger partial charge in [0.2, 0.25) is 0 Å². The molecule has 1 aliphatic rings. The first kappa shape index (κ1) is 14.5. The number of hydrogen-bond donors (Lipinski definition) is 3. The highest BCUT2D eigenvalue weighted by Gasteiger charge is 2.27. The zero-order chi connectivity index (χ0) is 14.8. The quantitative estimate of drug-likeness (QED) is 0.454. The van der Waals surface area contributed by atoms with Gasteiger partial charge in [0.25, 0.3) is 5.91 Å². The first-order chi connectivity index (χ1) is 10.2. The number of benzene rings is 1. The van der Waals surface area contributed by atoms with Gasteiger partial charge in [-0.3, -0.25) is 15.1 Å². The third-order valence-electron chi connectivity index (χ3n) is 4.11. The lowest BCUT2D eigenvalue weighted by Gasteiger charge is -2.22. The Morgan fingerprint density at radius 2 is 2.29 bits per heavy atom. The van der Waals surface area contributed by atoms with Gasteiger partial charge in [-0.2, -0.15) is 0 Å². The number of aliphatic hydroxyl groups excluding tert-OH is 1. The van der Waals surface area contributed by atoms with Crippen LogP contribution in [-0.4, -0.2) is 35.1 Å². The summed E-state index contributed by atoms with van der Waals surface area (Å²) in [7, 11) is 0. The highest BCUT2D eigenvalue weighted by molar-refractivity contribution is 7.21. The summed E-state index contributed by atoms with van der Waals surface area (Å²) in [5, 5.41) is 10.6. The zero-order valence-corrected chi connectivity index (χ0v) is 12.5. The topological polar surface area (TPSA) is 78.6 Å². The smallest absolute Gasteiger partial charge is 0.275 e. The van der Waals surface area contributed by atoms with Crippen molar-refractivity contribution in [2.24, 2.45) is 5.84 Å². The van der Waals surface area contributed by atoms with Crippen molar-refractivity contribution in [2.75, 3.05) is 13.2 Å². The van der Waals surface area contributed by atoms with Gasteiger partial charge in [0, 0.05) is 17.3 Å². The molecule has 2 aromatic rings. The van der Waals surface area contributed by atoms with Gasteiger partial charge in [-0.25, -0.2) is 5.84 Å². The lowest BCUT2D eigenvalue weighted by molar-refractivity contribution is 0.0955. The second-order valence-corrected chi connectivity index (χ2v) is 6.38.